The molecule has 2 aromatic rings. The molecule has 3 rings (SSSR count). The van der Waals surface area contributed by atoms with E-state index >= 15 is 0 Å². The van der Waals surface area contributed by atoms with Crippen LogP contribution in [0, 0.1) is 25.7 Å². The monoisotopic (exact) mass is 390 g/mol. The fraction of sp³-hybridized carbons (Fsp3) is 0.526. The van der Waals surface area contributed by atoms with Crippen molar-refractivity contribution < 1.29 is 4.79 Å². The Morgan fingerprint density at radius 2 is 1.88 bits per heavy atom. The first kappa shape index (κ1) is 19.2. The normalized spacial score (nSPS) is 20.2. The highest BCUT2D eigenvalue weighted by atomic mass is 32.2. The number of aryl methyl sites for hydroxylation is 2. The van der Waals surface area contributed by atoms with E-state index in [4.69, 9.17) is 0 Å². The molecule has 1 saturated heterocycles. The Kier molecular flexibility index (Phi) is 6.19. The number of aromatic nitrogens is 2. The Hall–Kier alpha value is -1.60. The molecule has 0 bridgehead atoms. The molecule has 1 N–H and O–H groups in total. The summed E-state index contributed by atoms with van der Waals surface area (Å²) in [6.45, 7) is 10.3. The van der Waals surface area contributed by atoms with Crippen LogP contribution in [0.1, 0.15) is 31.4 Å². The van der Waals surface area contributed by atoms with Gasteiger partial charge in [0.25, 0.3) is 0 Å². The van der Waals surface area contributed by atoms with Gasteiger partial charge in [0.15, 0.2) is 4.34 Å². The zero-order valence-corrected chi connectivity index (χ0v) is 17.4. The van der Waals surface area contributed by atoms with Gasteiger partial charge in [0.05, 0.1) is 5.75 Å². The molecule has 1 amide bonds. The Morgan fingerprint density at radius 1 is 1.23 bits per heavy atom. The summed E-state index contributed by atoms with van der Waals surface area (Å²) in [6.07, 6.45) is 1.21. The molecule has 7 heteroatoms. The largest absolute Gasteiger partial charge is 0.341 e. The summed E-state index contributed by atoms with van der Waals surface area (Å²) in [6, 6.07) is 6.20. The summed E-state index contributed by atoms with van der Waals surface area (Å²) in [5.41, 5.74) is 3.43. The van der Waals surface area contributed by atoms with Crippen LogP contribution in [0.2, 0.25) is 0 Å². The maximum atomic E-state index is 12.5. The van der Waals surface area contributed by atoms with E-state index in [9.17, 15) is 4.79 Å². The maximum absolute atomic E-state index is 12.5. The highest BCUT2D eigenvalue weighted by Gasteiger charge is 2.25. The number of carbonyl (C=O) groups is 1. The molecule has 0 radical (unpaired) electrons. The van der Waals surface area contributed by atoms with Crippen molar-refractivity contribution >= 4 is 39.8 Å². The van der Waals surface area contributed by atoms with E-state index in [0.717, 1.165) is 28.2 Å². The number of hydrogen-bond donors (Lipinski definition) is 1. The number of benzene rings is 1. The van der Waals surface area contributed by atoms with Gasteiger partial charge in [-0.1, -0.05) is 55.1 Å². The van der Waals surface area contributed by atoms with Gasteiger partial charge in [-0.2, -0.15) is 0 Å². The van der Waals surface area contributed by atoms with Crippen molar-refractivity contribution in [3.63, 3.8) is 0 Å². The SMILES string of the molecule is Cc1cccc(C)c1Nc1nnc(SCC(=O)N2C[C@H](C)C[C@@H](C)C2)s1. The highest BCUT2D eigenvalue weighted by Crippen LogP contribution is 2.30. The number of likely N-dealkylation sites (tertiary alicyclic amines) is 1. The summed E-state index contributed by atoms with van der Waals surface area (Å²) in [5.74, 6) is 1.80. The first-order valence-corrected chi connectivity index (χ1v) is 10.8. The van der Waals surface area contributed by atoms with Gasteiger partial charge in [0.2, 0.25) is 11.0 Å². The smallest absolute Gasteiger partial charge is 0.233 e. The van der Waals surface area contributed by atoms with Crippen molar-refractivity contribution in [3.8, 4) is 0 Å². The summed E-state index contributed by atoms with van der Waals surface area (Å²) >= 11 is 2.97. The standard InChI is InChI=1S/C19H26N4OS2/c1-12-8-13(2)10-23(9-12)16(24)11-25-19-22-21-18(26-19)20-17-14(3)6-5-7-15(17)4/h5-7,12-13H,8-11H2,1-4H3,(H,20,21)/t12-,13-/m1/s1. The van der Waals surface area contributed by atoms with Gasteiger partial charge >= 0.3 is 0 Å². The minimum Gasteiger partial charge on any atom is -0.341 e. The Balaban J connectivity index is 1.56. The summed E-state index contributed by atoms with van der Waals surface area (Å²) in [5, 5.41) is 12.6. The van der Waals surface area contributed by atoms with Crippen molar-refractivity contribution in [3.05, 3.63) is 29.3 Å². The number of para-hydroxylation sites is 1. The molecular weight excluding hydrogens is 364 g/mol. The van der Waals surface area contributed by atoms with Gasteiger partial charge in [-0.05, 0) is 43.2 Å². The molecule has 1 aromatic carbocycles. The molecule has 0 saturated carbocycles. The maximum Gasteiger partial charge on any atom is 0.233 e. The average molecular weight is 391 g/mol. The molecule has 2 atom stereocenters. The molecule has 1 aromatic heterocycles. The zero-order valence-electron chi connectivity index (χ0n) is 15.8. The first-order valence-electron chi connectivity index (χ1n) is 8.99. The number of nitrogens with one attached hydrogen (secondary N) is 1. The van der Waals surface area contributed by atoms with Crippen LogP contribution in [0.4, 0.5) is 10.8 Å². The average Bonchev–Trinajstić information content (AvgIpc) is 3.03. The number of piperidine rings is 1. The van der Waals surface area contributed by atoms with E-state index in [1.807, 2.05) is 11.0 Å². The van der Waals surface area contributed by atoms with E-state index in [1.165, 1.54) is 40.6 Å². The molecule has 2 heterocycles. The van der Waals surface area contributed by atoms with Crippen molar-refractivity contribution in [1.29, 1.82) is 0 Å². The molecule has 5 nitrogen and oxygen atoms in total. The van der Waals surface area contributed by atoms with Crippen LogP contribution in [-0.2, 0) is 4.79 Å². The second-order valence-corrected chi connectivity index (χ2v) is 9.50. The Labute approximate surface area is 163 Å². The van der Waals surface area contributed by atoms with Crippen molar-refractivity contribution in [2.24, 2.45) is 11.8 Å². The van der Waals surface area contributed by atoms with E-state index in [0.29, 0.717) is 17.6 Å². The molecule has 1 aliphatic heterocycles. The first-order chi connectivity index (χ1) is 12.4. The quantitative estimate of drug-likeness (QED) is 0.762. The lowest BCUT2D eigenvalue weighted by Crippen LogP contribution is -2.43. The fourth-order valence-electron chi connectivity index (χ4n) is 3.52. The van der Waals surface area contributed by atoms with Crippen LogP contribution >= 0.6 is 23.1 Å². The minimum atomic E-state index is 0.202. The predicted octanol–water partition coefficient (Wildman–Crippen LogP) is 4.50. The second-order valence-electron chi connectivity index (χ2n) is 7.30. The Bertz CT molecular complexity index is 746. The molecular formula is C19H26N4OS2. The van der Waals surface area contributed by atoms with E-state index in [2.05, 4.69) is 55.3 Å². The van der Waals surface area contributed by atoms with E-state index < -0.39 is 0 Å². The van der Waals surface area contributed by atoms with Gasteiger partial charge < -0.3 is 10.2 Å². The van der Waals surface area contributed by atoms with Crippen molar-refractivity contribution in [2.75, 3.05) is 24.2 Å². The number of anilines is 2. The number of carbonyl (C=O) groups excluding carboxylic acids is 1. The van der Waals surface area contributed by atoms with Crippen molar-refractivity contribution in [2.45, 2.75) is 38.5 Å². The summed E-state index contributed by atoms with van der Waals surface area (Å²) in [7, 11) is 0. The molecule has 140 valence electrons. The summed E-state index contributed by atoms with van der Waals surface area (Å²) < 4.78 is 0.824. The van der Waals surface area contributed by atoms with Crippen LogP contribution in [0.15, 0.2) is 22.5 Å². The highest BCUT2D eigenvalue weighted by molar-refractivity contribution is 8.01. The number of amides is 1. The van der Waals surface area contributed by atoms with Crippen LogP contribution in [0.25, 0.3) is 0 Å². The van der Waals surface area contributed by atoms with Gasteiger partial charge in [0.1, 0.15) is 0 Å². The van der Waals surface area contributed by atoms with Gasteiger partial charge in [-0.25, -0.2) is 0 Å². The minimum absolute atomic E-state index is 0.202. The lowest BCUT2D eigenvalue weighted by molar-refractivity contribution is -0.130. The topological polar surface area (TPSA) is 58.1 Å². The third-order valence-corrected chi connectivity index (χ3v) is 6.62. The lowest BCUT2D eigenvalue weighted by Gasteiger charge is -2.34. The number of rotatable bonds is 5. The molecule has 26 heavy (non-hydrogen) atoms. The number of hydrogen-bond acceptors (Lipinski definition) is 6. The van der Waals surface area contributed by atoms with E-state index in [-0.39, 0.29) is 5.91 Å². The zero-order chi connectivity index (χ0) is 18.7. The van der Waals surface area contributed by atoms with Gasteiger partial charge in [-0.3, -0.25) is 4.79 Å². The third-order valence-electron chi connectivity index (χ3n) is 4.66. The van der Waals surface area contributed by atoms with Crippen LogP contribution in [0.3, 0.4) is 0 Å². The molecule has 1 fully saturated rings. The Morgan fingerprint density at radius 3 is 2.54 bits per heavy atom. The second kappa shape index (κ2) is 8.39. The third kappa shape index (κ3) is 4.76. The van der Waals surface area contributed by atoms with Crippen molar-refractivity contribution in [1.82, 2.24) is 15.1 Å². The summed E-state index contributed by atoms with van der Waals surface area (Å²) in [4.78, 5) is 14.5. The van der Waals surface area contributed by atoms with Crippen LogP contribution < -0.4 is 5.32 Å². The van der Waals surface area contributed by atoms with Gasteiger partial charge in [-0.15, -0.1) is 10.2 Å². The van der Waals surface area contributed by atoms with Crippen LogP contribution in [-0.4, -0.2) is 39.8 Å². The van der Waals surface area contributed by atoms with Gasteiger partial charge in [0, 0.05) is 18.8 Å². The van der Waals surface area contributed by atoms with E-state index in [1.54, 1.807) is 0 Å². The molecule has 0 unspecified atom stereocenters. The molecule has 0 spiro atoms. The number of nitrogens with zero attached hydrogens (tertiary/aromatic N) is 3. The predicted molar refractivity (Wildman–Crippen MR) is 109 cm³/mol. The van der Waals surface area contributed by atoms with Crippen LogP contribution in [0.5, 0.6) is 0 Å². The fourth-order valence-corrected chi connectivity index (χ4v) is 5.18. The molecule has 1 aliphatic rings. The number of thioether (sulfide) groups is 1. The lowest BCUT2D eigenvalue weighted by atomic mass is 9.92. The molecule has 0 aliphatic carbocycles.